The second-order valence-electron chi connectivity index (χ2n) is 4.86. The summed E-state index contributed by atoms with van der Waals surface area (Å²) in [6.07, 6.45) is 5.46. The van der Waals surface area contributed by atoms with Crippen LogP contribution in [-0.2, 0) is 9.47 Å². The van der Waals surface area contributed by atoms with Crippen LogP contribution in [0.15, 0.2) is 0 Å². The minimum absolute atomic E-state index is 0.396. The van der Waals surface area contributed by atoms with Crippen molar-refractivity contribution in [1.29, 1.82) is 0 Å². The topological polar surface area (TPSA) is 21.7 Å². The van der Waals surface area contributed by atoms with Crippen LogP contribution in [0.2, 0.25) is 0 Å². The highest BCUT2D eigenvalue weighted by Gasteiger charge is 2.21. The normalized spacial score (nSPS) is 20.8. The maximum absolute atomic E-state index is 6.13. The molecule has 0 aromatic heterocycles. The van der Waals surface area contributed by atoms with Gasteiger partial charge in [0.15, 0.2) is 0 Å². The quantitative estimate of drug-likeness (QED) is 0.678. The van der Waals surface area contributed by atoms with Gasteiger partial charge in [-0.05, 0) is 32.2 Å². The lowest BCUT2D eigenvalue weighted by atomic mass is 10.1. The van der Waals surface area contributed by atoms with Crippen LogP contribution in [0, 0.1) is 11.8 Å². The lowest BCUT2D eigenvalue weighted by Crippen LogP contribution is -2.41. The van der Waals surface area contributed by atoms with Crippen LogP contribution in [0.5, 0.6) is 0 Å². The van der Waals surface area contributed by atoms with Gasteiger partial charge in [0.2, 0.25) is 0 Å². The zero-order chi connectivity index (χ0) is 13.2. The highest BCUT2D eigenvalue weighted by molar-refractivity contribution is 5.02. The molecule has 1 aliphatic heterocycles. The molecule has 0 radical (unpaired) electrons. The Labute approximate surface area is 112 Å². The molecule has 1 rings (SSSR count). The van der Waals surface area contributed by atoms with Crippen LogP contribution in [0.1, 0.15) is 39.5 Å². The van der Waals surface area contributed by atoms with Crippen LogP contribution in [0.25, 0.3) is 0 Å². The van der Waals surface area contributed by atoms with Crippen LogP contribution < -0.4 is 0 Å². The van der Waals surface area contributed by atoms with Gasteiger partial charge in [0.1, 0.15) is 6.61 Å². The second kappa shape index (κ2) is 9.38. The first-order valence-electron chi connectivity index (χ1n) is 7.12. The molecule has 0 bridgehead atoms. The van der Waals surface area contributed by atoms with Crippen molar-refractivity contribution in [2.45, 2.75) is 51.7 Å². The highest BCUT2D eigenvalue weighted by Crippen LogP contribution is 2.16. The number of ether oxygens (including phenoxy) is 2. The number of nitrogens with zero attached hydrogens (tertiary/aromatic N) is 1. The molecule has 0 N–H and O–H groups in total. The van der Waals surface area contributed by atoms with Gasteiger partial charge in [0.25, 0.3) is 0 Å². The molecule has 1 unspecified atom stereocenters. The van der Waals surface area contributed by atoms with E-state index < -0.39 is 0 Å². The van der Waals surface area contributed by atoms with Gasteiger partial charge in [0, 0.05) is 13.7 Å². The van der Waals surface area contributed by atoms with Crippen molar-refractivity contribution < 1.29 is 9.47 Å². The predicted octanol–water partition coefficient (Wildman–Crippen LogP) is 2.31. The van der Waals surface area contributed by atoms with Crippen LogP contribution >= 0.6 is 0 Å². The molecule has 0 amide bonds. The second-order valence-corrected chi connectivity index (χ2v) is 4.86. The molecule has 1 aliphatic rings. The fourth-order valence-corrected chi connectivity index (χ4v) is 2.31. The molecular formula is C15H27NO2. The van der Waals surface area contributed by atoms with Crippen LogP contribution in [-0.4, -0.2) is 50.5 Å². The number of piperidine rings is 1. The van der Waals surface area contributed by atoms with Crippen molar-refractivity contribution in [3.05, 3.63) is 0 Å². The smallest absolute Gasteiger partial charge is 0.107 e. The fourth-order valence-electron chi connectivity index (χ4n) is 2.31. The van der Waals surface area contributed by atoms with Gasteiger partial charge in [-0.15, -0.1) is 0 Å². The summed E-state index contributed by atoms with van der Waals surface area (Å²) < 4.78 is 11.1. The molecule has 3 heteroatoms. The third-order valence-electron chi connectivity index (χ3n) is 3.40. The molecule has 1 saturated heterocycles. The van der Waals surface area contributed by atoms with Gasteiger partial charge in [-0.1, -0.05) is 25.7 Å². The maximum atomic E-state index is 6.13. The van der Waals surface area contributed by atoms with Crippen molar-refractivity contribution in [3.8, 4) is 11.8 Å². The molecule has 0 aromatic carbocycles. The Balaban J connectivity index is 2.30. The van der Waals surface area contributed by atoms with Crippen molar-refractivity contribution in [2.75, 3.05) is 33.4 Å². The van der Waals surface area contributed by atoms with Crippen molar-refractivity contribution in [2.24, 2.45) is 0 Å². The zero-order valence-electron chi connectivity index (χ0n) is 12.1. The molecule has 1 heterocycles. The molecule has 104 valence electrons. The van der Waals surface area contributed by atoms with Gasteiger partial charge in [-0.3, -0.25) is 4.90 Å². The molecule has 0 saturated carbocycles. The summed E-state index contributed by atoms with van der Waals surface area (Å²) in [6, 6.07) is 0. The van der Waals surface area contributed by atoms with E-state index in [4.69, 9.17) is 9.47 Å². The van der Waals surface area contributed by atoms with E-state index in [2.05, 4.69) is 30.6 Å². The maximum Gasteiger partial charge on any atom is 0.107 e. The minimum Gasteiger partial charge on any atom is -0.374 e. The van der Waals surface area contributed by atoms with E-state index in [1.807, 2.05) is 0 Å². The number of hydrogen-bond acceptors (Lipinski definition) is 3. The molecule has 0 aliphatic carbocycles. The van der Waals surface area contributed by atoms with Crippen molar-refractivity contribution >= 4 is 0 Å². The van der Waals surface area contributed by atoms with Gasteiger partial charge in [0.05, 0.1) is 18.8 Å². The third-order valence-corrected chi connectivity index (χ3v) is 3.40. The van der Waals surface area contributed by atoms with E-state index in [-0.39, 0.29) is 0 Å². The Morgan fingerprint density at radius 2 is 2.06 bits per heavy atom. The summed E-state index contributed by atoms with van der Waals surface area (Å²) in [7, 11) is 1.68. The summed E-state index contributed by atoms with van der Waals surface area (Å²) >= 11 is 0. The zero-order valence-corrected chi connectivity index (χ0v) is 12.1. The molecule has 0 spiro atoms. The Morgan fingerprint density at radius 3 is 2.72 bits per heavy atom. The minimum atomic E-state index is 0.396. The highest BCUT2D eigenvalue weighted by atomic mass is 16.5. The van der Waals surface area contributed by atoms with Crippen LogP contribution in [0.4, 0.5) is 0 Å². The summed E-state index contributed by atoms with van der Waals surface area (Å²) in [5.41, 5.74) is 0. The molecule has 18 heavy (non-hydrogen) atoms. The van der Waals surface area contributed by atoms with Gasteiger partial charge < -0.3 is 9.47 Å². The summed E-state index contributed by atoms with van der Waals surface area (Å²) in [5, 5.41) is 0. The van der Waals surface area contributed by atoms with E-state index in [0.29, 0.717) is 18.8 Å². The summed E-state index contributed by atoms with van der Waals surface area (Å²) in [4.78, 5) is 2.39. The molecule has 1 fully saturated rings. The molecule has 0 aromatic rings. The van der Waals surface area contributed by atoms with E-state index in [1.165, 1.54) is 12.8 Å². The monoisotopic (exact) mass is 253 g/mol. The largest absolute Gasteiger partial charge is 0.374 e. The lowest BCUT2D eigenvalue weighted by Gasteiger charge is -2.33. The SMILES string of the molecule is CCC(CC)OC1CCCN(CC#CCOC)C1. The van der Waals surface area contributed by atoms with E-state index >= 15 is 0 Å². The first kappa shape index (κ1) is 15.5. The average molecular weight is 253 g/mol. The molecule has 1 atom stereocenters. The van der Waals surface area contributed by atoms with E-state index in [9.17, 15) is 0 Å². The van der Waals surface area contributed by atoms with Crippen LogP contribution in [0.3, 0.4) is 0 Å². The Morgan fingerprint density at radius 1 is 1.28 bits per heavy atom. The Bertz CT molecular complexity index is 265. The summed E-state index contributed by atoms with van der Waals surface area (Å²) in [6.45, 7) is 7.94. The lowest BCUT2D eigenvalue weighted by molar-refractivity contribution is -0.0481. The van der Waals surface area contributed by atoms with Crippen molar-refractivity contribution in [3.63, 3.8) is 0 Å². The van der Waals surface area contributed by atoms with E-state index in [1.54, 1.807) is 7.11 Å². The first-order valence-corrected chi connectivity index (χ1v) is 7.12. The number of hydrogen-bond donors (Lipinski definition) is 0. The van der Waals surface area contributed by atoms with Crippen molar-refractivity contribution in [1.82, 2.24) is 4.90 Å². The van der Waals surface area contributed by atoms with Gasteiger partial charge in [-0.25, -0.2) is 0 Å². The Kier molecular flexibility index (Phi) is 8.08. The number of rotatable bonds is 6. The molecule has 3 nitrogen and oxygen atoms in total. The summed E-state index contributed by atoms with van der Waals surface area (Å²) in [5.74, 6) is 6.16. The first-order chi connectivity index (χ1) is 8.80. The molecular weight excluding hydrogens is 226 g/mol. The predicted molar refractivity (Wildman–Crippen MR) is 74.6 cm³/mol. The number of likely N-dealkylation sites (tertiary alicyclic amines) is 1. The third kappa shape index (κ3) is 5.86. The standard InChI is InChI=1S/C15H27NO2/c1-4-14(5-2)18-15-9-8-11-16(13-15)10-6-7-12-17-3/h14-15H,4-5,8-13H2,1-3H3. The average Bonchev–Trinajstić information content (AvgIpc) is 2.41. The van der Waals surface area contributed by atoms with E-state index in [0.717, 1.165) is 32.5 Å². The fraction of sp³-hybridized carbons (Fsp3) is 0.867. The van der Waals surface area contributed by atoms with Gasteiger partial charge in [-0.2, -0.15) is 0 Å². The van der Waals surface area contributed by atoms with Gasteiger partial charge >= 0.3 is 0 Å². The Hall–Kier alpha value is -0.560. The number of methoxy groups -OCH3 is 1.